The third-order valence-electron chi connectivity index (χ3n) is 2.16. The minimum absolute atomic E-state index is 0.0123. The predicted octanol–water partition coefficient (Wildman–Crippen LogP) is -0.902. The van der Waals surface area contributed by atoms with E-state index in [1.54, 1.807) is 18.2 Å². The first-order valence-electron chi connectivity index (χ1n) is 5.07. The van der Waals surface area contributed by atoms with Crippen LogP contribution in [0.25, 0.3) is 0 Å². The summed E-state index contributed by atoms with van der Waals surface area (Å²) in [7, 11) is -4.72. The average molecular weight is 258 g/mol. The molecule has 0 fully saturated rings. The second-order valence-electron chi connectivity index (χ2n) is 3.89. The highest BCUT2D eigenvalue weighted by Gasteiger charge is 2.17. The Balaban J connectivity index is 2.77. The van der Waals surface area contributed by atoms with Crippen molar-refractivity contribution < 1.29 is 23.2 Å². The summed E-state index contributed by atoms with van der Waals surface area (Å²) in [6, 6.07) is 4.93. The topological polar surface area (TPSA) is 83.8 Å². The van der Waals surface area contributed by atoms with Gasteiger partial charge in [0.25, 0.3) is 0 Å². The highest BCUT2D eigenvalue weighted by atomic mass is 32.2. The first-order chi connectivity index (χ1) is 7.79. The lowest BCUT2D eigenvalue weighted by Gasteiger charge is -2.11. The summed E-state index contributed by atoms with van der Waals surface area (Å²) >= 11 is 0. The number of ether oxygens (including phenoxy) is 1. The van der Waals surface area contributed by atoms with Crippen molar-refractivity contribution in [1.29, 1.82) is 0 Å². The monoisotopic (exact) mass is 258 g/mol. The Hall–Kier alpha value is -1.05. The van der Waals surface area contributed by atoms with Gasteiger partial charge >= 0.3 is 7.12 Å². The molecule has 0 aliphatic heterocycles. The minimum Gasteiger partial charge on any atom is -0.493 e. The van der Waals surface area contributed by atoms with Crippen molar-refractivity contribution in [2.24, 2.45) is 0 Å². The molecule has 2 N–H and O–H groups in total. The van der Waals surface area contributed by atoms with Gasteiger partial charge in [0.2, 0.25) is 0 Å². The quantitative estimate of drug-likeness (QED) is 0.668. The normalized spacial score (nSPS) is 11.3. The molecule has 0 aliphatic rings. The molecule has 1 aromatic carbocycles. The predicted molar refractivity (Wildman–Crippen MR) is 66.2 cm³/mol. The second kappa shape index (κ2) is 5.53. The van der Waals surface area contributed by atoms with E-state index in [0.717, 1.165) is 11.8 Å². The number of hydrogen-bond donors (Lipinski definition) is 2. The molecule has 1 rings (SSSR count). The lowest BCUT2D eigenvalue weighted by Crippen LogP contribution is -2.32. The maximum Gasteiger partial charge on any atom is 0.492 e. The van der Waals surface area contributed by atoms with Gasteiger partial charge in [-0.25, -0.2) is 8.42 Å². The zero-order valence-corrected chi connectivity index (χ0v) is 10.6. The Labute approximate surface area is 101 Å². The van der Waals surface area contributed by atoms with Crippen molar-refractivity contribution in [3.8, 4) is 5.75 Å². The van der Waals surface area contributed by atoms with E-state index in [1.807, 2.05) is 6.92 Å². The molecule has 0 saturated carbocycles. The standard InChI is InChI=1S/C10H15BO5S/c1-8-3-4-10(9(7-8)11(12)13)16-5-6-17(2,14)15/h3-4,7,12-13H,5-6H2,1-2H3. The van der Waals surface area contributed by atoms with Crippen LogP contribution in [-0.4, -0.2) is 44.2 Å². The van der Waals surface area contributed by atoms with E-state index < -0.39 is 17.0 Å². The minimum atomic E-state index is -3.09. The number of hydrogen-bond acceptors (Lipinski definition) is 5. The van der Waals surface area contributed by atoms with Gasteiger partial charge in [0.1, 0.15) is 12.4 Å². The van der Waals surface area contributed by atoms with Crippen molar-refractivity contribution in [1.82, 2.24) is 0 Å². The fraction of sp³-hybridized carbons (Fsp3) is 0.400. The van der Waals surface area contributed by atoms with Crippen LogP contribution in [0.3, 0.4) is 0 Å². The lowest BCUT2D eigenvalue weighted by atomic mass is 9.79. The summed E-state index contributed by atoms with van der Waals surface area (Å²) in [6.45, 7) is 1.80. The summed E-state index contributed by atoms with van der Waals surface area (Å²) in [5.74, 6) is 0.177. The van der Waals surface area contributed by atoms with Crippen LogP contribution in [0.2, 0.25) is 0 Å². The molecule has 0 atom stereocenters. The van der Waals surface area contributed by atoms with E-state index in [4.69, 9.17) is 14.8 Å². The van der Waals surface area contributed by atoms with Gasteiger partial charge in [-0.3, -0.25) is 0 Å². The van der Waals surface area contributed by atoms with Crippen molar-refractivity contribution in [3.05, 3.63) is 23.8 Å². The molecular formula is C10H15BO5S. The zero-order chi connectivity index (χ0) is 13.1. The van der Waals surface area contributed by atoms with Crippen molar-refractivity contribution in [3.63, 3.8) is 0 Å². The summed E-state index contributed by atoms with van der Waals surface area (Å²) < 4.78 is 27.1. The largest absolute Gasteiger partial charge is 0.493 e. The van der Waals surface area contributed by atoms with E-state index in [1.165, 1.54) is 0 Å². The van der Waals surface area contributed by atoms with Crippen molar-refractivity contribution in [2.75, 3.05) is 18.6 Å². The number of sulfone groups is 1. The van der Waals surface area contributed by atoms with Crippen LogP contribution in [-0.2, 0) is 9.84 Å². The highest BCUT2D eigenvalue weighted by Crippen LogP contribution is 2.10. The van der Waals surface area contributed by atoms with Gasteiger partial charge in [0.15, 0.2) is 9.84 Å². The van der Waals surface area contributed by atoms with Crippen LogP contribution >= 0.6 is 0 Å². The maximum atomic E-state index is 10.9. The van der Waals surface area contributed by atoms with Gasteiger partial charge < -0.3 is 14.8 Å². The van der Waals surface area contributed by atoms with Crippen LogP contribution < -0.4 is 10.2 Å². The fourth-order valence-corrected chi connectivity index (χ4v) is 1.69. The maximum absolute atomic E-state index is 10.9. The van der Waals surface area contributed by atoms with Gasteiger partial charge in [0, 0.05) is 11.7 Å². The van der Waals surface area contributed by atoms with E-state index in [-0.39, 0.29) is 23.6 Å². The van der Waals surface area contributed by atoms with Crippen molar-refractivity contribution in [2.45, 2.75) is 6.92 Å². The molecule has 5 nitrogen and oxygen atoms in total. The Morgan fingerprint density at radius 1 is 1.35 bits per heavy atom. The van der Waals surface area contributed by atoms with Crippen LogP contribution in [0.1, 0.15) is 5.56 Å². The number of benzene rings is 1. The first kappa shape index (κ1) is 14.0. The molecule has 1 aromatic rings. The summed E-state index contributed by atoms with van der Waals surface area (Å²) in [5, 5.41) is 18.3. The van der Waals surface area contributed by atoms with E-state index in [9.17, 15) is 8.42 Å². The molecule has 0 aromatic heterocycles. The molecule has 7 heteroatoms. The van der Waals surface area contributed by atoms with Crippen LogP contribution in [0.4, 0.5) is 0 Å². The second-order valence-corrected chi connectivity index (χ2v) is 6.15. The molecule has 0 amide bonds. The lowest BCUT2D eigenvalue weighted by molar-refractivity contribution is 0.340. The average Bonchev–Trinajstić information content (AvgIpc) is 2.18. The summed E-state index contributed by atoms with van der Waals surface area (Å²) in [4.78, 5) is 0. The molecular weight excluding hydrogens is 243 g/mol. The summed E-state index contributed by atoms with van der Waals surface area (Å²) in [5.41, 5.74) is 1.10. The van der Waals surface area contributed by atoms with Gasteiger partial charge in [-0.05, 0) is 13.0 Å². The Kier molecular flexibility index (Phi) is 4.56. The fourth-order valence-electron chi connectivity index (χ4n) is 1.30. The van der Waals surface area contributed by atoms with Gasteiger partial charge in [0.05, 0.1) is 5.75 Å². The zero-order valence-electron chi connectivity index (χ0n) is 9.75. The number of aryl methyl sites for hydroxylation is 1. The van der Waals surface area contributed by atoms with Crippen LogP contribution in [0.15, 0.2) is 18.2 Å². The third-order valence-corrected chi connectivity index (χ3v) is 3.06. The molecule has 17 heavy (non-hydrogen) atoms. The third kappa shape index (κ3) is 4.76. The highest BCUT2D eigenvalue weighted by molar-refractivity contribution is 7.90. The molecule has 0 aliphatic carbocycles. The first-order valence-corrected chi connectivity index (χ1v) is 7.13. The molecule has 0 heterocycles. The Bertz CT molecular complexity index is 483. The number of rotatable bonds is 5. The van der Waals surface area contributed by atoms with Gasteiger partial charge in [-0.1, -0.05) is 17.7 Å². The molecule has 0 spiro atoms. The van der Waals surface area contributed by atoms with E-state index in [2.05, 4.69) is 0 Å². The van der Waals surface area contributed by atoms with E-state index >= 15 is 0 Å². The van der Waals surface area contributed by atoms with Crippen molar-refractivity contribution >= 4 is 22.4 Å². The Morgan fingerprint density at radius 2 is 2.00 bits per heavy atom. The molecule has 0 radical (unpaired) electrons. The van der Waals surface area contributed by atoms with Crippen LogP contribution in [0.5, 0.6) is 5.75 Å². The smallest absolute Gasteiger partial charge is 0.492 e. The Morgan fingerprint density at radius 3 is 2.53 bits per heavy atom. The van der Waals surface area contributed by atoms with Crippen LogP contribution in [0, 0.1) is 6.92 Å². The molecule has 0 saturated heterocycles. The van der Waals surface area contributed by atoms with Gasteiger partial charge in [-0.15, -0.1) is 0 Å². The molecule has 0 unspecified atom stereocenters. The van der Waals surface area contributed by atoms with E-state index in [0.29, 0.717) is 0 Å². The molecule has 94 valence electrons. The van der Waals surface area contributed by atoms with Gasteiger partial charge in [-0.2, -0.15) is 0 Å². The SMILES string of the molecule is Cc1ccc(OCCS(C)(=O)=O)c(B(O)O)c1. The molecule has 0 bridgehead atoms. The summed E-state index contributed by atoms with van der Waals surface area (Å²) in [6.07, 6.45) is 1.12.